The molecule has 166 valence electrons. The second kappa shape index (κ2) is 8.78. The summed E-state index contributed by atoms with van der Waals surface area (Å²) >= 11 is 0.891. The third kappa shape index (κ3) is 6.04. The summed E-state index contributed by atoms with van der Waals surface area (Å²) in [6.45, 7) is 28.4. The maximum atomic E-state index is 2.38. The van der Waals surface area contributed by atoms with Crippen LogP contribution in [0.1, 0.15) is 105 Å². The van der Waals surface area contributed by atoms with Gasteiger partial charge in [0.25, 0.3) is 0 Å². The van der Waals surface area contributed by atoms with Crippen LogP contribution in [0.15, 0.2) is 36.4 Å². The van der Waals surface area contributed by atoms with E-state index in [9.17, 15) is 0 Å². The fourth-order valence-corrected chi connectivity index (χ4v) is 13.7. The van der Waals surface area contributed by atoms with Crippen molar-refractivity contribution in [3.05, 3.63) is 58.7 Å². The molecule has 0 saturated heterocycles. The predicted octanol–water partition coefficient (Wildman–Crippen LogP) is 6.15. The molecule has 2 rings (SSSR count). The molecule has 0 aliphatic rings. The maximum absolute atomic E-state index is 2.38. The van der Waals surface area contributed by atoms with Crippen molar-refractivity contribution in [3.63, 3.8) is 0 Å². The molecule has 30 heavy (non-hydrogen) atoms. The molecule has 0 aliphatic carbocycles. The monoisotopic (exact) mass is 538 g/mol. The van der Waals surface area contributed by atoms with E-state index in [1.54, 1.807) is 31.2 Å². The van der Waals surface area contributed by atoms with Crippen molar-refractivity contribution < 1.29 is 0 Å². The van der Waals surface area contributed by atoms with Crippen LogP contribution in [-0.4, -0.2) is 26.3 Å². The van der Waals surface area contributed by atoms with Gasteiger partial charge in [-0.05, 0) is 0 Å². The van der Waals surface area contributed by atoms with E-state index in [0.717, 1.165) is 0 Å². The third-order valence-corrected chi connectivity index (χ3v) is 12.7. The zero-order valence-corrected chi connectivity index (χ0v) is 24.7. The third-order valence-electron chi connectivity index (χ3n) is 5.47. The first-order valence-electron chi connectivity index (χ1n) is 11.1. The SMILES string of the molecule is CC(C)(C)c1cccc(C(C)(C)C)c1[Se][Se]c1c(C(C)(C)C)cccc1C(C)(C)C. The van der Waals surface area contributed by atoms with Gasteiger partial charge in [0.2, 0.25) is 0 Å². The minimum absolute atomic E-state index is 0.171. The molecule has 0 N–H and O–H groups in total. The van der Waals surface area contributed by atoms with E-state index in [2.05, 4.69) is 119 Å². The number of rotatable bonds is 3. The molecule has 0 bridgehead atoms. The summed E-state index contributed by atoms with van der Waals surface area (Å²) in [6, 6.07) is 14.1. The first kappa shape index (κ1) is 25.7. The second-order valence-electron chi connectivity index (χ2n) is 12.5. The molecule has 0 radical (unpaired) electrons. The van der Waals surface area contributed by atoms with E-state index in [4.69, 9.17) is 0 Å². The molecule has 0 heterocycles. The Labute approximate surface area is 197 Å². The van der Waals surface area contributed by atoms with Gasteiger partial charge in [-0.25, -0.2) is 0 Å². The number of hydrogen-bond donors (Lipinski definition) is 0. The van der Waals surface area contributed by atoms with Crippen molar-refractivity contribution >= 4 is 35.2 Å². The van der Waals surface area contributed by atoms with Gasteiger partial charge in [0.1, 0.15) is 0 Å². The fraction of sp³-hybridized carbons (Fsp3) is 0.571. The van der Waals surface area contributed by atoms with Crippen molar-refractivity contribution in [2.45, 2.75) is 105 Å². The molecule has 2 heteroatoms. The van der Waals surface area contributed by atoms with Crippen molar-refractivity contribution in [1.29, 1.82) is 0 Å². The van der Waals surface area contributed by atoms with Crippen molar-refractivity contribution in [2.75, 3.05) is 0 Å². The van der Waals surface area contributed by atoms with E-state index in [0.29, 0.717) is 26.3 Å². The summed E-state index contributed by atoms with van der Waals surface area (Å²) < 4.78 is 3.29. The summed E-state index contributed by atoms with van der Waals surface area (Å²) in [5.41, 5.74) is 6.86. The Morgan fingerprint density at radius 3 is 0.767 bits per heavy atom. The predicted molar refractivity (Wildman–Crippen MR) is 138 cm³/mol. The molecule has 2 aromatic carbocycles. The van der Waals surface area contributed by atoms with E-state index >= 15 is 0 Å². The van der Waals surface area contributed by atoms with Crippen LogP contribution in [0.5, 0.6) is 0 Å². The summed E-state index contributed by atoms with van der Waals surface area (Å²) in [6.07, 6.45) is 0. The average molecular weight is 537 g/mol. The van der Waals surface area contributed by atoms with Gasteiger partial charge in [0.05, 0.1) is 0 Å². The first-order chi connectivity index (χ1) is 13.4. The number of hydrogen-bond acceptors (Lipinski definition) is 0. The van der Waals surface area contributed by atoms with Gasteiger partial charge >= 0.3 is 199 Å². The molecule has 0 aliphatic heterocycles. The van der Waals surface area contributed by atoms with E-state index in [-0.39, 0.29) is 21.7 Å². The van der Waals surface area contributed by atoms with Crippen LogP contribution in [0.3, 0.4) is 0 Å². The van der Waals surface area contributed by atoms with Gasteiger partial charge in [-0.15, -0.1) is 0 Å². The summed E-state index contributed by atoms with van der Waals surface area (Å²) in [5, 5.41) is 0. The molecule has 0 saturated carbocycles. The van der Waals surface area contributed by atoms with Crippen LogP contribution in [0.2, 0.25) is 0 Å². The standard InChI is InChI=1S/C28H42Se2/c1-25(2,3)19-15-13-16-20(26(4,5)6)23(19)29-30-24-21(27(7,8)9)17-14-18-22(24)28(10,11)12/h13-18H,1-12H3. The van der Waals surface area contributed by atoms with Gasteiger partial charge in [0.15, 0.2) is 0 Å². The molecule has 0 amide bonds. The van der Waals surface area contributed by atoms with Crippen LogP contribution in [-0.2, 0) is 21.7 Å². The summed E-state index contributed by atoms with van der Waals surface area (Å²) in [4.78, 5) is 0. The second-order valence-corrected chi connectivity index (χ2v) is 18.6. The molecular weight excluding hydrogens is 494 g/mol. The van der Waals surface area contributed by atoms with Crippen LogP contribution in [0.25, 0.3) is 0 Å². The Kier molecular flexibility index (Phi) is 7.54. The van der Waals surface area contributed by atoms with Crippen molar-refractivity contribution in [3.8, 4) is 0 Å². The Morgan fingerprint density at radius 1 is 0.400 bits per heavy atom. The van der Waals surface area contributed by atoms with Crippen molar-refractivity contribution in [1.82, 2.24) is 0 Å². The summed E-state index contributed by atoms with van der Waals surface area (Å²) in [7, 11) is 0. The molecule has 0 unspecified atom stereocenters. The average Bonchev–Trinajstić information content (AvgIpc) is 2.56. The molecular formula is C28H42Se2. The van der Waals surface area contributed by atoms with E-state index in [1.807, 2.05) is 0 Å². The first-order valence-corrected chi connectivity index (χ1v) is 17.1. The van der Waals surface area contributed by atoms with Gasteiger partial charge in [-0.3, -0.25) is 0 Å². The molecule has 0 spiro atoms. The van der Waals surface area contributed by atoms with Gasteiger partial charge < -0.3 is 0 Å². The normalized spacial score (nSPS) is 13.6. The Bertz CT molecular complexity index is 739. The van der Waals surface area contributed by atoms with Gasteiger partial charge in [-0.2, -0.15) is 0 Å². The van der Waals surface area contributed by atoms with Gasteiger partial charge in [-0.1, -0.05) is 0 Å². The fourth-order valence-electron chi connectivity index (χ4n) is 3.70. The Hall–Kier alpha value is -0.521. The zero-order valence-electron chi connectivity index (χ0n) is 21.3. The van der Waals surface area contributed by atoms with Crippen LogP contribution in [0.4, 0.5) is 0 Å². The molecule has 0 atom stereocenters. The van der Waals surface area contributed by atoms with E-state index < -0.39 is 0 Å². The zero-order chi connectivity index (χ0) is 23.1. The van der Waals surface area contributed by atoms with Crippen LogP contribution >= 0.6 is 0 Å². The summed E-state index contributed by atoms with van der Waals surface area (Å²) in [5.74, 6) is 0. The van der Waals surface area contributed by atoms with Crippen LogP contribution in [0, 0.1) is 0 Å². The quantitative estimate of drug-likeness (QED) is 0.413. The topological polar surface area (TPSA) is 0 Å². The molecule has 0 fully saturated rings. The Morgan fingerprint density at radius 2 is 0.600 bits per heavy atom. The molecule has 0 aromatic heterocycles. The van der Waals surface area contributed by atoms with Crippen molar-refractivity contribution in [2.24, 2.45) is 0 Å². The van der Waals surface area contributed by atoms with E-state index in [1.165, 1.54) is 0 Å². The molecule has 0 nitrogen and oxygen atoms in total. The van der Waals surface area contributed by atoms with Gasteiger partial charge in [0, 0.05) is 0 Å². The molecule has 2 aromatic rings. The Balaban J connectivity index is 2.65. The van der Waals surface area contributed by atoms with Crippen LogP contribution < -0.4 is 8.92 Å². The minimum atomic E-state index is 0.171. The number of benzene rings is 2.